The third-order valence-electron chi connectivity index (χ3n) is 2.93. The number of nitrogens with zero attached hydrogens (tertiary/aromatic N) is 2. The molecule has 1 fully saturated rings. The lowest BCUT2D eigenvalue weighted by Gasteiger charge is -2.17. The largest absolute Gasteiger partial charge is 0.378 e. The number of halogens is 1. The third-order valence-corrected chi connectivity index (χ3v) is 3.36. The summed E-state index contributed by atoms with van der Waals surface area (Å²) in [6.07, 6.45) is 4.17. The van der Waals surface area contributed by atoms with Gasteiger partial charge in [0.25, 0.3) is 0 Å². The zero-order valence-electron chi connectivity index (χ0n) is 9.32. The van der Waals surface area contributed by atoms with Gasteiger partial charge in [0, 0.05) is 25.1 Å². The highest BCUT2D eigenvalue weighted by molar-refractivity contribution is 9.10. The minimum Gasteiger partial charge on any atom is -0.378 e. The van der Waals surface area contributed by atoms with Gasteiger partial charge in [-0.05, 0) is 28.8 Å². The van der Waals surface area contributed by atoms with E-state index in [4.69, 9.17) is 4.74 Å². The molecule has 1 aromatic heterocycles. The first kappa shape index (κ1) is 11.8. The highest BCUT2D eigenvalue weighted by Gasteiger charge is 2.26. The van der Waals surface area contributed by atoms with E-state index in [2.05, 4.69) is 38.1 Å². The molecule has 0 amide bonds. The van der Waals surface area contributed by atoms with Crippen LogP contribution in [0.5, 0.6) is 0 Å². The first-order chi connectivity index (χ1) is 7.79. The zero-order valence-corrected chi connectivity index (χ0v) is 10.9. The van der Waals surface area contributed by atoms with Crippen molar-refractivity contribution in [1.29, 1.82) is 0 Å². The van der Waals surface area contributed by atoms with Crippen molar-refractivity contribution in [2.45, 2.75) is 25.9 Å². The lowest BCUT2D eigenvalue weighted by atomic mass is 10.00. The van der Waals surface area contributed by atoms with Crippen LogP contribution in [0.15, 0.2) is 17.0 Å². The minimum absolute atomic E-state index is 0.401. The lowest BCUT2D eigenvalue weighted by molar-refractivity contribution is 0.0900. The van der Waals surface area contributed by atoms with Crippen molar-refractivity contribution >= 4 is 21.7 Å². The van der Waals surface area contributed by atoms with Gasteiger partial charge in [-0.1, -0.05) is 6.92 Å². The highest BCUT2D eigenvalue weighted by Crippen LogP contribution is 2.23. The van der Waals surface area contributed by atoms with Crippen LogP contribution in [0, 0.1) is 5.92 Å². The Labute approximate surface area is 104 Å². The number of hydrogen-bond acceptors (Lipinski definition) is 4. The van der Waals surface area contributed by atoms with Crippen molar-refractivity contribution in [3.63, 3.8) is 0 Å². The molecule has 1 saturated heterocycles. The number of aromatic nitrogens is 2. The maximum Gasteiger partial charge on any atom is 0.130 e. The molecule has 0 saturated carbocycles. The summed E-state index contributed by atoms with van der Waals surface area (Å²) in [5.41, 5.74) is 0. The molecule has 1 N–H and O–H groups in total. The van der Waals surface area contributed by atoms with E-state index in [0.717, 1.165) is 36.4 Å². The predicted molar refractivity (Wildman–Crippen MR) is 66.4 cm³/mol. The van der Waals surface area contributed by atoms with Gasteiger partial charge in [0.15, 0.2) is 0 Å². The molecule has 1 aliphatic rings. The molecule has 0 radical (unpaired) electrons. The van der Waals surface area contributed by atoms with Gasteiger partial charge in [0.1, 0.15) is 16.7 Å². The molecule has 4 nitrogen and oxygen atoms in total. The summed E-state index contributed by atoms with van der Waals surface area (Å²) < 4.78 is 6.45. The van der Waals surface area contributed by atoms with E-state index in [9.17, 15) is 0 Å². The van der Waals surface area contributed by atoms with E-state index in [-0.39, 0.29) is 0 Å². The van der Waals surface area contributed by atoms with Crippen molar-refractivity contribution in [2.75, 3.05) is 18.5 Å². The summed E-state index contributed by atoms with van der Waals surface area (Å²) >= 11 is 3.33. The normalized spacial score (nSPS) is 24.6. The average Bonchev–Trinajstić information content (AvgIpc) is 2.74. The molecule has 0 spiro atoms. The maximum atomic E-state index is 5.64. The van der Waals surface area contributed by atoms with Crippen LogP contribution < -0.4 is 5.32 Å². The number of nitrogens with one attached hydrogen (secondary N) is 1. The van der Waals surface area contributed by atoms with E-state index >= 15 is 0 Å². The quantitative estimate of drug-likeness (QED) is 0.864. The number of hydrogen-bond donors (Lipinski definition) is 1. The molecule has 2 heterocycles. The second kappa shape index (κ2) is 5.59. The molecule has 2 unspecified atom stereocenters. The Morgan fingerprint density at radius 1 is 1.56 bits per heavy atom. The Morgan fingerprint density at radius 3 is 3.19 bits per heavy atom. The van der Waals surface area contributed by atoms with Gasteiger partial charge in [0.2, 0.25) is 0 Å². The topological polar surface area (TPSA) is 47.0 Å². The molecule has 0 aromatic carbocycles. The predicted octanol–water partition coefficient (Wildman–Crippen LogP) is 2.47. The van der Waals surface area contributed by atoms with Gasteiger partial charge in [-0.15, -0.1) is 0 Å². The van der Waals surface area contributed by atoms with Crippen LogP contribution >= 0.6 is 15.9 Å². The van der Waals surface area contributed by atoms with Crippen LogP contribution in [0.3, 0.4) is 0 Å². The fourth-order valence-corrected chi connectivity index (χ4v) is 2.35. The van der Waals surface area contributed by atoms with Crippen molar-refractivity contribution in [2.24, 2.45) is 5.92 Å². The van der Waals surface area contributed by atoms with Crippen LogP contribution in [-0.4, -0.2) is 29.2 Å². The van der Waals surface area contributed by atoms with Crippen LogP contribution in [0.4, 0.5) is 5.82 Å². The third kappa shape index (κ3) is 2.92. The van der Waals surface area contributed by atoms with Gasteiger partial charge >= 0.3 is 0 Å². The molecule has 0 bridgehead atoms. The summed E-state index contributed by atoms with van der Waals surface area (Å²) in [5, 5.41) is 3.33. The van der Waals surface area contributed by atoms with Crippen LogP contribution in [0.2, 0.25) is 0 Å². The van der Waals surface area contributed by atoms with E-state index in [0.29, 0.717) is 12.0 Å². The maximum absolute atomic E-state index is 5.64. The second-order valence-electron chi connectivity index (χ2n) is 3.97. The summed E-state index contributed by atoms with van der Waals surface area (Å²) in [6.45, 7) is 3.98. The molecule has 2 atom stereocenters. The molecule has 16 heavy (non-hydrogen) atoms. The van der Waals surface area contributed by atoms with Crippen LogP contribution in [0.25, 0.3) is 0 Å². The summed E-state index contributed by atoms with van der Waals surface area (Å²) in [6, 6.07) is 1.89. The van der Waals surface area contributed by atoms with Crippen LogP contribution in [0.1, 0.15) is 19.8 Å². The Bertz CT molecular complexity index is 348. The Hall–Kier alpha value is -0.680. The van der Waals surface area contributed by atoms with Gasteiger partial charge in [-0.25, -0.2) is 9.97 Å². The molecular weight excluding hydrogens is 270 g/mol. The van der Waals surface area contributed by atoms with Crippen molar-refractivity contribution in [3.05, 3.63) is 17.0 Å². The Kier molecular flexibility index (Phi) is 4.12. The van der Waals surface area contributed by atoms with E-state index < -0.39 is 0 Å². The average molecular weight is 286 g/mol. The van der Waals surface area contributed by atoms with Gasteiger partial charge < -0.3 is 10.1 Å². The standard InChI is InChI=1S/C11H16BrN3O/c1-2-9-8(3-4-16-9)6-13-11-5-10(12)14-7-15-11/h5,7-9H,2-4,6H2,1H3,(H,13,14,15). The summed E-state index contributed by atoms with van der Waals surface area (Å²) in [4.78, 5) is 8.15. The number of rotatable bonds is 4. The molecule has 5 heteroatoms. The Balaban J connectivity index is 1.87. The first-order valence-corrected chi connectivity index (χ1v) is 6.42. The van der Waals surface area contributed by atoms with E-state index in [1.54, 1.807) is 6.33 Å². The van der Waals surface area contributed by atoms with E-state index in [1.165, 1.54) is 0 Å². The second-order valence-corrected chi connectivity index (χ2v) is 4.79. The van der Waals surface area contributed by atoms with E-state index in [1.807, 2.05) is 6.07 Å². The zero-order chi connectivity index (χ0) is 11.4. The molecule has 88 valence electrons. The molecule has 2 rings (SSSR count). The minimum atomic E-state index is 0.401. The van der Waals surface area contributed by atoms with Crippen molar-refractivity contribution in [1.82, 2.24) is 9.97 Å². The lowest BCUT2D eigenvalue weighted by Crippen LogP contribution is -2.23. The summed E-state index contributed by atoms with van der Waals surface area (Å²) in [5.74, 6) is 1.46. The molecular formula is C11H16BrN3O. The SMILES string of the molecule is CCC1OCCC1CNc1cc(Br)ncn1. The Morgan fingerprint density at radius 2 is 2.44 bits per heavy atom. The van der Waals surface area contributed by atoms with Gasteiger partial charge in [-0.2, -0.15) is 0 Å². The molecule has 1 aliphatic heterocycles. The van der Waals surface area contributed by atoms with Gasteiger partial charge in [0.05, 0.1) is 6.10 Å². The fraction of sp³-hybridized carbons (Fsp3) is 0.636. The summed E-state index contributed by atoms with van der Waals surface area (Å²) in [7, 11) is 0. The fourth-order valence-electron chi connectivity index (χ4n) is 2.04. The van der Waals surface area contributed by atoms with Crippen molar-refractivity contribution in [3.8, 4) is 0 Å². The monoisotopic (exact) mass is 285 g/mol. The number of ether oxygens (including phenoxy) is 1. The van der Waals surface area contributed by atoms with Gasteiger partial charge in [-0.3, -0.25) is 0 Å². The highest BCUT2D eigenvalue weighted by atomic mass is 79.9. The number of anilines is 1. The smallest absolute Gasteiger partial charge is 0.130 e. The molecule has 0 aliphatic carbocycles. The molecule has 1 aromatic rings. The first-order valence-electron chi connectivity index (χ1n) is 5.62. The van der Waals surface area contributed by atoms with Crippen LogP contribution in [-0.2, 0) is 4.74 Å². The van der Waals surface area contributed by atoms with Crippen molar-refractivity contribution < 1.29 is 4.74 Å².